The van der Waals surface area contributed by atoms with Gasteiger partial charge in [0.25, 0.3) is 0 Å². The summed E-state index contributed by atoms with van der Waals surface area (Å²) < 4.78 is 11.5. The highest BCUT2D eigenvalue weighted by Gasteiger charge is 2.22. The molecule has 0 spiro atoms. The Kier molecular flexibility index (Phi) is 4.18. The molecule has 0 amide bonds. The van der Waals surface area contributed by atoms with Crippen molar-refractivity contribution in [3.8, 4) is 11.5 Å². The molecule has 106 valence electrons. The van der Waals surface area contributed by atoms with Gasteiger partial charge in [0.15, 0.2) is 11.5 Å². The van der Waals surface area contributed by atoms with Crippen LogP contribution < -0.4 is 14.8 Å². The van der Waals surface area contributed by atoms with Crippen LogP contribution in [0.1, 0.15) is 23.4 Å². The first-order valence-electron chi connectivity index (χ1n) is 6.87. The molecular weight excluding hydrogens is 272 g/mol. The third kappa shape index (κ3) is 2.78. The van der Waals surface area contributed by atoms with Gasteiger partial charge < -0.3 is 14.8 Å². The second-order valence-corrected chi connectivity index (χ2v) is 5.62. The Labute approximate surface area is 122 Å². The van der Waals surface area contributed by atoms with E-state index in [0.717, 1.165) is 30.0 Å². The smallest absolute Gasteiger partial charge is 0.166 e. The summed E-state index contributed by atoms with van der Waals surface area (Å²) in [5.74, 6) is 1.73. The number of para-hydroxylation sites is 1. The van der Waals surface area contributed by atoms with E-state index in [1.165, 1.54) is 4.88 Å². The van der Waals surface area contributed by atoms with Crippen LogP contribution in [0.15, 0.2) is 29.9 Å². The summed E-state index contributed by atoms with van der Waals surface area (Å²) in [6.45, 7) is 4.26. The molecular formula is C15H18N2O2S. The molecule has 3 rings (SSSR count). The Bertz CT molecular complexity index is 557. The van der Waals surface area contributed by atoms with Crippen molar-refractivity contribution in [3.05, 3.63) is 40.3 Å². The quantitative estimate of drug-likeness (QED) is 0.919. The molecule has 1 N–H and O–H groups in total. The number of likely N-dealkylation sites (N-methyl/N-ethyl adjacent to an activating group) is 1. The number of rotatable bonds is 5. The first-order valence-corrected chi connectivity index (χ1v) is 7.75. The highest BCUT2D eigenvalue weighted by Crippen LogP contribution is 2.38. The van der Waals surface area contributed by atoms with E-state index in [0.29, 0.717) is 13.2 Å². The second-order valence-electron chi connectivity index (χ2n) is 4.65. The highest BCUT2D eigenvalue weighted by molar-refractivity contribution is 7.09. The lowest BCUT2D eigenvalue weighted by Gasteiger charge is -2.25. The third-order valence-corrected chi connectivity index (χ3v) is 4.11. The van der Waals surface area contributed by atoms with Gasteiger partial charge in [-0.3, -0.25) is 4.98 Å². The number of ether oxygens (including phenoxy) is 2. The maximum atomic E-state index is 5.82. The largest absolute Gasteiger partial charge is 0.486 e. The van der Waals surface area contributed by atoms with Crippen LogP contribution in [0.4, 0.5) is 0 Å². The second kappa shape index (κ2) is 6.24. The number of fused-ring (bicyclic) bond motifs is 1. The van der Waals surface area contributed by atoms with Crippen molar-refractivity contribution in [2.24, 2.45) is 0 Å². The van der Waals surface area contributed by atoms with Crippen molar-refractivity contribution in [1.82, 2.24) is 10.3 Å². The molecule has 1 atom stereocenters. The van der Waals surface area contributed by atoms with E-state index in [1.54, 1.807) is 11.3 Å². The minimum Gasteiger partial charge on any atom is -0.486 e. The average Bonchev–Trinajstić information content (AvgIpc) is 2.99. The zero-order valence-corrected chi connectivity index (χ0v) is 12.3. The molecule has 1 aromatic heterocycles. The lowest BCUT2D eigenvalue weighted by atomic mass is 10.0. The van der Waals surface area contributed by atoms with E-state index in [1.807, 2.05) is 23.8 Å². The minimum absolute atomic E-state index is 0.220. The van der Waals surface area contributed by atoms with Crippen molar-refractivity contribution >= 4 is 11.3 Å². The maximum Gasteiger partial charge on any atom is 0.166 e. The molecule has 1 aliphatic heterocycles. The van der Waals surface area contributed by atoms with Crippen LogP contribution in [0.25, 0.3) is 0 Å². The predicted octanol–water partition coefficient (Wildman–Crippen LogP) is 2.81. The fraction of sp³-hybridized carbons (Fsp3) is 0.400. The number of nitrogens with zero attached hydrogens (tertiary/aromatic N) is 1. The Morgan fingerprint density at radius 1 is 1.35 bits per heavy atom. The molecule has 2 heterocycles. The summed E-state index contributed by atoms with van der Waals surface area (Å²) in [6, 6.07) is 6.33. The molecule has 1 aliphatic rings. The first-order chi connectivity index (χ1) is 9.88. The molecule has 0 bridgehead atoms. The molecule has 0 fully saturated rings. The predicted molar refractivity (Wildman–Crippen MR) is 79.7 cm³/mol. The van der Waals surface area contributed by atoms with Crippen LogP contribution in [-0.2, 0) is 6.42 Å². The van der Waals surface area contributed by atoms with Crippen LogP contribution in [-0.4, -0.2) is 24.7 Å². The van der Waals surface area contributed by atoms with Crippen molar-refractivity contribution in [3.63, 3.8) is 0 Å². The monoisotopic (exact) mass is 290 g/mol. The van der Waals surface area contributed by atoms with E-state index < -0.39 is 0 Å². The van der Waals surface area contributed by atoms with Gasteiger partial charge in [-0.1, -0.05) is 19.1 Å². The lowest BCUT2D eigenvalue weighted by molar-refractivity contribution is 0.168. The van der Waals surface area contributed by atoms with E-state index in [2.05, 4.69) is 23.3 Å². The Balaban J connectivity index is 1.90. The number of nitrogens with one attached hydrogen (secondary N) is 1. The summed E-state index contributed by atoms with van der Waals surface area (Å²) in [7, 11) is 0. The van der Waals surface area contributed by atoms with Crippen LogP contribution in [0, 0.1) is 0 Å². The van der Waals surface area contributed by atoms with Crippen LogP contribution >= 0.6 is 11.3 Å². The molecule has 0 saturated heterocycles. The topological polar surface area (TPSA) is 43.4 Å². The maximum absolute atomic E-state index is 5.82. The number of benzene rings is 1. The van der Waals surface area contributed by atoms with Gasteiger partial charge in [-0.2, -0.15) is 0 Å². The lowest BCUT2D eigenvalue weighted by Crippen LogP contribution is -2.25. The summed E-state index contributed by atoms with van der Waals surface area (Å²) in [5.41, 5.74) is 3.04. The van der Waals surface area contributed by atoms with E-state index >= 15 is 0 Å². The molecule has 0 saturated carbocycles. The average molecular weight is 290 g/mol. The summed E-state index contributed by atoms with van der Waals surface area (Å²) in [4.78, 5) is 5.42. The molecule has 5 heteroatoms. The SMILES string of the molecule is CCNC(Cc1cncs1)c1cccc2c1OCCO2. The number of hydrogen-bond acceptors (Lipinski definition) is 5. The standard InChI is InChI=1S/C15H18N2O2S/c1-2-17-13(8-11-9-16-10-20-11)12-4-3-5-14-15(12)19-7-6-18-14/h3-5,9-10,13,17H,2,6-8H2,1H3. The molecule has 4 nitrogen and oxygen atoms in total. The van der Waals surface area contributed by atoms with Crippen LogP contribution in [0.5, 0.6) is 11.5 Å². The number of aromatic nitrogens is 1. The summed E-state index contributed by atoms with van der Waals surface area (Å²) in [6.07, 6.45) is 2.85. The molecule has 0 aliphatic carbocycles. The van der Waals surface area contributed by atoms with Gasteiger partial charge in [0, 0.05) is 29.1 Å². The number of thiazole rings is 1. The Hall–Kier alpha value is -1.59. The fourth-order valence-corrected chi connectivity index (χ4v) is 3.10. The van der Waals surface area contributed by atoms with Gasteiger partial charge in [0.2, 0.25) is 0 Å². The summed E-state index contributed by atoms with van der Waals surface area (Å²) in [5, 5.41) is 3.53. The van der Waals surface area contributed by atoms with E-state index in [-0.39, 0.29) is 6.04 Å². The van der Waals surface area contributed by atoms with Gasteiger partial charge in [-0.25, -0.2) is 0 Å². The molecule has 1 aromatic carbocycles. The van der Waals surface area contributed by atoms with E-state index in [4.69, 9.17) is 9.47 Å². The van der Waals surface area contributed by atoms with Crippen LogP contribution in [0.3, 0.4) is 0 Å². The minimum atomic E-state index is 0.220. The molecule has 1 unspecified atom stereocenters. The van der Waals surface area contributed by atoms with Crippen molar-refractivity contribution in [1.29, 1.82) is 0 Å². The van der Waals surface area contributed by atoms with Crippen molar-refractivity contribution in [2.75, 3.05) is 19.8 Å². The zero-order chi connectivity index (χ0) is 13.8. The first kappa shape index (κ1) is 13.4. The normalized spacial score (nSPS) is 15.1. The summed E-state index contributed by atoms with van der Waals surface area (Å²) >= 11 is 1.69. The van der Waals surface area contributed by atoms with E-state index in [9.17, 15) is 0 Å². The number of hydrogen-bond donors (Lipinski definition) is 1. The Morgan fingerprint density at radius 3 is 3.05 bits per heavy atom. The van der Waals surface area contributed by atoms with Gasteiger partial charge in [-0.15, -0.1) is 11.3 Å². The molecule has 20 heavy (non-hydrogen) atoms. The van der Waals surface area contributed by atoms with Crippen LogP contribution in [0.2, 0.25) is 0 Å². The van der Waals surface area contributed by atoms with Crippen molar-refractivity contribution in [2.45, 2.75) is 19.4 Å². The Morgan fingerprint density at radius 2 is 2.25 bits per heavy atom. The molecule has 0 radical (unpaired) electrons. The highest BCUT2D eigenvalue weighted by atomic mass is 32.1. The molecule has 2 aromatic rings. The van der Waals surface area contributed by atoms with Crippen molar-refractivity contribution < 1.29 is 9.47 Å². The van der Waals surface area contributed by atoms with Gasteiger partial charge in [0.1, 0.15) is 13.2 Å². The fourth-order valence-electron chi connectivity index (χ4n) is 2.45. The zero-order valence-electron chi connectivity index (χ0n) is 11.5. The van der Waals surface area contributed by atoms with Gasteiger partial charge >= 0.3 is 0 Å². The van der Waals surface area contributed by atoms with Gasteiger partial charge in [0.05, 0.1) is 5.51 Å². The van der Waals surface area contributed by atoms with Gasteiger partial charge in [-0.05, 0) is 12.6 Å². The third-order valence-electron chi connectivity index (χ3n) is 3.31.